The number of anilines is 1. The molecule has 0 bridgehead atoms. The van der Waals surface area contributed by atoms with Crippen molar-refractivity contribution in [2.24, 2.45) is 0 Å². The van der Waals surface area contributed by atoms with E-state index in [4.69, 9.17) is 0 Å². The molecule has 23 heavy (non-hydrogen) atoms. The number of sulfone groups is 1. The minimum Gasteiger partial charge on any atom is -0.309 e. The molecule has 120 valence electrons. The predicted octanol–water partition coefficient (Wildman–Crippen LogP) is 2.80. The van der Waals surface area contributed by atoms with Crippen LogP contribution in [0.2, 0.25) is 0 Å². The van der Waals surface area contributed by atoms with Crippen molar-refractivity contribution in [1.29, 1.82) is 0 Å². The molecule has 1 atom stereocenters. The molecule has 0 N–H and O–H groups in total. The number of para-hydroxylation sites is 1. The number of rotatable bonds is 3. The van der Waals surface area contributed by atoms with Crippen molar-refractivity contribution < 1.29 is 17.6 Å². The van der Waals surface area contributed by atoms with Crippen LogP contribution < -0.4 is 4.90 Å². The molecule has 2 aromatic carbocycles. The van der Waals surface area contributed by atoms with Crippen LogP contribution in [0.1, 0.15) is 12.8 Å². The van der Waals surface area contributed by atoms with E-state index in [-0.39, 0.29) is 17.0 Å². The van der Waals surface area contributed by atoms with Crippen molar-refractivity contribution in [2.75, 3.05) is 11.4 Å². The Kier molecular flexibility index (Phi) is 4.17. The Balaban J connectivity index is 1.96. The maximum absolute atomic E-state index is 14.0. The van der Waals surface area contributed by atoms with E-state index in [1.807, 2.05) is 0 Å². The van der Waals surface area contributed by atoms with Gasteiger partial charge >= 0.3 is 0 Å². The topological polar surface area (TPSA) is 54.5 Å². The van der Waals surface area contributed by atoms with Gasteiger partial charge in [-0.1, -0.05) is 30.3 Å². The third-order valence-corrected chi connectivity index (χ3v) is 6.09. The zero-order valence-corrected chi connectivity index (χ0v) is 13.2. The molecular weight excluding hydrogens is 317 g/mol. The molecule has 1 fully saturated rings. The second kappa shape index (κ2) is 6.12. The third kappa shape index (κ3) is 2.86. The van der Waals surface area contributed by atoms with Crippen molar-refractivity contribution >= 4 is 21.4 Å². The van der Waals surface area contributed by atoms with Gasteiger partial charge in [-0.15, -0.1) is 0 Å². The Labute approximate surface area is 134 Å². The van der Waals surface area contributed by atoms with Gasteiger partial charge in [0.25, 0.3) is 0 Å². The third-order valence-electron chi connectivity index (χ3n) is 3.98. The molecule has 2 aromatic rings. The molecule has 1 amide bonds. The van der Waals surface area contributed by atoms with Crippen LogP contribution >= 0.6 is 0 Å². The van der Waals surface area contributed by atoms with Gasteiger partial charge in [-0.05, 0) is 37.1 Å². The molecule has 1 heterocycles. The molecule has 0 unspecified atom stereocenters. The maximum atomic E-state index is 14.0. The highest BCUT2D eigenvalue weighted by molar-refractivity contribution is 7.92. The Morgan fingerprint density at radius 3 is 2.35 bits per heavy atom. The molecule has 1 saturated heterocycles. The summed E-state index contributed by atoms with van der Waals surface area (Å²) in [5, 5.41) is -1.17. The molecule has 1 aliphatic heterocycles. The van der Waals surface area contributed by atoms with Crippen LogP contribution in [-0.2, 0) is 14.6 Å². The zero-order valence-electron chi connectivity index (χ0n) is 12.4. The lowest BCUT2D eigenvalue weighted by molar-refractivity contribution is -0.119. The number of halogens is 1. The summed E-state index contributed by atoms with van der Waals surface area (Å²) in [5.74, 6) is -1.09. The fourth-order valence-electron chi connectivity index (χ4n) is 2.81. The van der Waals surface area contributed by atoms with Crippen molar-refractivity contribution in [3.8, 4) is 0 Å². The average Bonchev–Trinajstić information content (AvgIpc) is 2.56. The summed E-state index contributed by atoms with van der Waals surface area (Å²) in [7, 11) is -3.78. The van der Waals surface area contributed by atoms with E-state index in [0.717, 1.165) is 0 Å². The van der Waals surface area contributed by atoms with Crippen LogP contribution in [0.25, 0.3) is 0 Å². The molecule has 0 radical (unpaired) electrons. The molecule has 3 rings (SSSR count). The molecule has 0 saturated carbocycles. The highest BCUT2D eigenvalue weighted by atomic mass is 32.2. The Morgan fingerprint density at radius 1 is 1.00 bits per heavy atom. The van der Waals surface area contributed by atoms with E-state index in [1.54, 1.807) is 24.3 Å². The molecule has 0 spiro atoms. The molecule has 0 aliphatic carbocycles. The van der Waals surface area contributed by atoms with Crippen molar-refractivity contribution in [3.05, 3.63) is 60.4 Å². The number of carbonyl (C=O) groups is 1. The Bertz CT molecular complexity index is 821. The molecule has 1 aliphatic rings. The number of hydrogen-bond acceptors (Lipinski definition) is 3. The monoisotopic (exact) mass is 333 g/mol. The molecule has 6 heteroatoms. The maximum Gasteiger partial charge on any atom is 0.245 e. The van der Waals surface area contributed by atoms with Gasteiger partial charge in [0, 0.05) is 6.54 Å². The lowest BCUT2D eigenvalue weighted by Gasteiger charge is -2.32. The molecule has 4 nitrogen and oxygen atoms in total. The minimum absolute atomic E-state index is 0.119. The summed E-state index contributed by atoms with van der Waals surface area (Å²) in [5.41, 5.74) is 0.130. The first-order valence-electron chi connectivity index (χ1n) is 7.36. The second-order valence-corrected chi connectivity index (χ2v) is 7.56. The largest absolute Gasteiger partial charge is 0.309 e. The van der Waals surface area contributed by atoms with Gasteiger partial charge in [-0.25, -0.2) is 12.8 Å². The predicted molar refractivity (Wildman–Crippen MR) is 85.4 cm³/mol. The summed E-state index contributed by atoms with van der Waals surface area (Å²) in [6, 6.07) is 13.8. The van der Waals surface area contributed by atoms with Gasteiger partial charge in [0.1, 0.15) is 11.1 Å². The average molecular weight is 333 g/mol. The zero-order chi connectivity index (χ0) is 16.4. The van der Waals surface area contributed by atoms with E-state index in [1.165, 1.54) is 35.2 Å². The smallest absolute Gasteiger partial charge is 0.245 e. The second-order valence-electron chi connectivity index (χ2n) is 5.43. The number of benzene rings is 2. The summed E-state index contributed by atoms with van der Waals surface area (Å²) in [6.45, 7) is 0.320. The lowest BCUT2D eigenvalue weighted by atomic mass is 10.1. The quantitative estimate of drug-likeness (QED) is 0.868. The van der Waals surface area contributed by atoms with Gasteiger partial charge in [0.05, 0.1) is 10.6 Å². The van der Waals surface area contributed by atoms with E-state index in [0.29, 0.717) is 13.0 Å². The van der Waals surface area contributed by atoms with E-state index >= 15 is 0 Å². The number of hydrogen-bond donors (Lipinski definition) is 0. The number of piperidine rings is 1. The van der Waals surface area contributed by atoms with Crippen LogP contribution in [0.15, 0.2) is 59.5 Å². The summed E-state index contributed by atoms with van der Waals surface area (Å²) < 4.78 is 39.4. The van der Waals surface area contributed by atoms with E-state index in [2.05, 4.69) is 0 Å². The van der Waals surface area contributed by atoms with E-state index in [9.17, 15) is 17.6 Å². The summed E-state index contributed by atoms with van der Waals surface area (Å²) in [6.07, 6.45) is 0.762. The van der Waals surface area contributed by atoms with Gasteiger partial charge in [-0.3, -0.25) is 4.79 Å². The Hall–Kier alpha value is -2.21. The van der Waals surface area contributed by atoms with Gasteiger partial charge in [0.15, 0.2) is 9.84 Å². The van der Waals surface area contributed by atoms with Crippen molar-refractivity contribution in [1.82, 2.24) is 0 Å². The SMILES string of the molecule is O=C1[C@H](S(=O)(=O)c2ccccc2)CCCN1c1ccccc1F. The Morgan fingerprint density at radius 2 is 1.65 bits per heavy atom. The lowest BCUT2D eigenvalue weighted by Crippen LogP contribution is -2.48. The van der Waals surface area contributed by atoms with Gasteiger partial charge < -0.3 is 4.90 Å². The summed E-state index contributed by atoms with van der Waals surface area (Å²) in [4.78, 5) is 14.0. The fourth-order valence-corrected chi connectivity index (χ4v) is 4.55. The molecular formula is C17H16FNO3S. The molecule has 0 aromatic heterocycles. The fraction of sp³-hybridized carbons (Fsp3) is 0.235. The van der Waals surface area contributed by atoms with Crippen LogP contribution in [0, 0.1) is 5.82 Å². The first-order chi connectivity index (χ1) is 11.0. The van der Waals surface area contributed by atoms with Gasteiger partial charge in [-0.2, -0.15) is 0 Å². The number of carbonyl (C=O) groups excluding carboxylic acids is 1. The normalized spacial score (nSPS) is 18.9. The highest BCUT2D eigenvalue weighted by Gasteiger charge is 2.40. The first kappa shape index (κ1) is 15.7. The van der Waals surface area contributed by atoms with Crippen LogP contribution in [0.4, 0.5) is 10.1 Å². The first-order valence-corrected chi connectivity index (χ1v) is 8.91. The van der Waals surface area contributed by atoms with Crippen LogP contribution in [-0.4, -0.2) is 26.1 Å². The standard InChI is InChI=1S/C17H16FNO3S/c18-14-9-4-5-10-15(14)19-12-6-11-16(17(19)20)23(21,22)13-7-2-1-3-8-13/h1-5,7-10,16H,6,11-12H2/t16-/m1/s1. The van der Waals surface area contributed by atoms with Gasteiger partial charge in [0.2, 0.25) is 5.91 Å². The van der Waals surface area contributed by atoms with E-state index < -0.39 is 26.8 Å². The van der Waals surface area contributed by atoms with Crippen molar-refractivity contribution in [3.63, 3.8) is 0 Å². The minimum atomic E-state index is -3.78. The van der Waals surface area contributed by atoms with Crippen LogP contribution in [0.5, 0.6) is 0 Å². The highest BCUT2D eigenvalue weighted by Crippen LogP contribution is 2.29. The number of amides is 1. The van der Waals surface area contributed by atoms with Crippen LogP contribution in [0.3, 0.4) is 0 Å². The summed E-state index contributed by atoms with van der Waals surface area (Å²) >= 11 is 0. The number of nitrogens with zero attached hydrogens (tertiary/aromatic N) is 1. The van der Waals surface area contributed by atoms with Crippen molar-refractivity contribution in [2.45, 2.75) is 23.0 Å².